The minimum atomic E-state index is -0.150. The lowest BCUT2D eigenvalue weighted by molar-refractivity contribution is 0.0776. The molecule has 14 heavy (non-hydrogen) atoms. The standard InChI is InChI=1S/C10H18N2O2/c1-2-14-10(13)12-7-5-11(6-8-12)9-3-4-9/h9H,2-8H2,1H3. The van der Waals surface area contributed by atoms with E-state index in [-0.39, 0.29) is 6.09 Å². The van der Waals surface area contributed by atoms with E-state index in [2.05, 4.69) is 4.90 Å². The van der Waals surface area contributed by atoms with Gasteiger partial charge in [0, 0.05) is 32.2 Å². The van der Waals surface area contributed by atoms with E-state index in [1.165, 1.54) is 12.8 Å². The average Bonchev–Trinajstić information content (AvgIpc) is 3.02. The highest BCUT2D eigenvalue weighted by Gasteiger charge is 2.32. The maximum Gasteiger partial charge on any atom is 0.409 e. The zero-order valence-electron chi connectivity index (χ0n) is 8.74. The highest BCUT2D eigenvalue weighted by molar-refractivity contribution is 5.67. The van der Waals surface area contributed by atoms with Gasteiger partial charge in [-0.3, -0.25) is 4.90 Å². The number of carbonyl (C=O) groups is 1. The molecule has 0 aromatic heterocycles. The topological polar surface area (TPSA) is 32.8 Å². The second-order valence-corrected chi connectivity index (χ2v) is 3.95. The molecular formula is C10H18N2O2. The third-order valence-corrected chi connectivity index (χ3v) is 2.90. The molecule has 0 aromatic rings. The minimum Gasteiger partial charge on any atom is -0.450 e. The minimum absolute atomic E-state index is 0.150. The van der Waals surface area contributed by atoms with Crippen LogP contribution in [0.5, 0.6) is 0 Å². The number of hydrogen-bond acceptors (Lipinski definition) is 3. The van der Waals surface area contributed by atoms with Gasteiger partial charge in [-0.25, -0.2) is 4.79 Å². The lowest BCUT2D eigenvalue weighted by Crippen LogP contribution is -2.49. The van der Waals surface area contributed by atoms with Crippen LogP contribution in [-0.4, -0.2) is 54.7 Å². The predicted octanol–water partition coefficient (Wildman–Crippen LogP) is 0.923. The Labute approximate surface area is 84.8 Å². The van der Waals surface area contributed by atoms with Crippen LogP contribution in [0.3, 0.4) is 0 Å². The van der Waals surface area contributed by atoms with Gasteiger partial charge in [-0.2, -0.15) is 0 Å². The fourth-order valence-electron chi connectivity index (χ4n) is 1.92. The van der Waals surface area contributed by atoms with Gasteiger partial charge in [0.15, 0.2) is 0 Å². The quantitative estimate of drug-likeness (QED) is 0.661. The summed E-state index contributed by atoms with van der Waals surface area (Å²) in [4.78, 5) is 15.7. The van der Waals surface area contributed by atoms with Gasteiger partial charge in [0.05, 0.1) is 6.61 Å². The molecule has 1 aliphatic carbocycles. The molecule has 0 aromatic carbocycles. The smallest absolute Gasteiger partial charge is 0.409 e. The molecule has 0 spiro atoms. The van der Waals surface area contributed by atoms with Crippen molar-refractivity contribution in [2.45, 2.75) is 25.8 Å². The van der Waals surface area contributed by atoms with Crippen LogP contribution in [0.4, 0.5) is 4.79 Å². The van der Waals surface area contributed by atoms with Crippen LogP contribution in [0.2, 0.25) is 0 Å². The zero-order valence-corrected chi connectivity index (χ0v) is 8.74. The number of rotatable bonds is 2. The van der Waals surface area contributed by atoms with Gasteiger partial charge in [-0.1, -0.05) is 0 Å². The number of piperazine rings is 1. The molecule has 1 saturated carbocycles. The molecule has 4 nitrogen and oxygen atoms in total. The third kappa shape index (κ3) is 2.18. The first-order chi connectivity index (χ1) is 6.81. The molecule has 2 fully saturated rings. The summed E-state index contributed by atoms with van der Waals surface area (Å²) >= 11 is 0. The third-order valence-electron chi connectivity index (χ3n) is 2.90. The van der Waals surface area contributed by atoms with Crippen molar-refractivity contribution >= 4 is 6.09 Å². The van der Waals surface area contributed by atoms with E-state index in [9.17, 15) is 4.79 Å². The molecule has 1 heterocycles. The fourth-order valence-corrected chi connectivity index (χ4v) is 1.92. The summed E-state index contributed by atoms with van der Waals surface area (Å²) in [6, 6.07) is 0.819. The van der Waals surface area contributed by atoms with Crippen LogP contribution >= 0.6 is 0 Å². The van der Waals surface area contributed by atoms with E-state index in [1.54, 1.807) is 0 Å². The monoisotopic (exact) mass is 198 g/mol. The second kappa shape index (κ2) is 4.17. The van der Waals surface area contributed by atoms with E-state index in [0.717, 1.165) is 32.2 Å². The molecule has 0 radical (unpaired) electrons. The molecular weight excluding hydrogens is 180 g/mol. The Morgan fingerprint density at radius 1 is 1.29 bits per heavy atom. The molecule has 2 aliphatic rings. The van der Waals surface area contributed by atoms with E-state index in [1.807, 2.05) is 11.8 Å². The van der Waals surface area contributed by atoms with Gasteiger partial charge in [0.2, 0.25) is 0 Å². The van der Waals surface area contributed by atoms with E-state index < -0.39 is 0 Å². The van der Waals surface area contributed by atoms with E-state index >= 15 is 0 Å². The first-order valence-corrected chi connectivity index (χ1v) is 5.47. The van der Waals surface area contributed by atoms with Gasteiger partial charge < -0.3 is 9.64 Å². The number of amides is 1. The number of hydrogen-bond donors (Lipinski definition) is 0. The summed E-state index contributed by atoms with van der Waals surface area (Å²) in [5.74, 6) is 0. The molecule has 1 aliphatic heterocycles. The summed E-state index contributed by atoms with van der Waals surface area (Å²) in [6.45, 7) is 6.01. The van der Waals surface area contributed by atoms with Crippen LogP contribution in [0.1, 0.15) is 19.8 Å². The zero-order chi connectivity index (χ0) is 9.97. The predicted molar refractivity (Wildman–Crippen MR) is 53.2 cm³/mol. The largest absolute Gasteiger partial charge is 0.450 e. The Balaban J connectivity index is 1.74. The molecule has 0 atom stereocenters. The summed E-state index contributed by atoms with van der Waals surface area (Å²) in [5.41, 5.74) is 0. The van der Waals surface area contributed by atoms with Crippen molar-refractivity contribution < 1.29 is 9.53 Å². The summed E-state index contributed by atoms with van der Waals surface area (Å²) in [5, 5.41) is 0. The molecule has 1 saturated heterocycles. The van der Waals surface area contributed by atoms with Crippen molar-refractivity contribution in [2.24, 2.45) is 0 Å². The van der Waals surface area contributed by atoms with Gasteiger partial charge >= 0.3 is 6.09 Å². The average molecular weight is 198 g/mol. The number of nitrogens with zero attached hydrogens (tertiary/aromatic N) is 2. The van der Waals surface area contributed by atoms with Crippen LogP contribution < -0.4 is 0 Å². The SMILES string of the molecule is CCOC(=O)N1CCN(C2CC2)CC1. The van der Waals surface area contributed by atoms with Gasteiger partial charge in [0.25, 0.3) is 0 Å². The Morgan fingerprint density at radius 3 is 2.43 bits per heavy atom. The molecule has 0 N–H and O–H groups in total. The van der Waals surface area contributed by atoms with E-state index in [0.29, 0.717) is 6.61 Å². The Morgan fingerprint density at radius 2 is 1.93 bits per heavy atom. The molecule has 0 bridgehead atoms. The number of carbonyl (C=O) groups excluding carboxylic acids is 1. The van der Waals surface area contributed by atoms with Crippen LogP contribution in [0, 0.1) is 0 Å². The van der Waals surface area contributed by atoms with Gasteiger partial charge in [-0.05, 0) is 19.8 Å². The molecule has 80 valence electrons. The highest BCUT2D eigenvalue weighted by Crippen LogP contribution is 2.27. The highest BCUT2D eigenvalue weighted by atomic mass is 16.6. The number of ether oxygens (including phenoxy) is 1. The van der Waals surface area contributed by atoms with Gasteiger partial charge in [-0.15, -0.1) is 0 Å². The Bertz CT molecular complexity index is 208. The molecule has 2 rings (SSSR count). The first-order valence-electron chi connectivity index (χ1n) is 5.47. The first kappa shape index (κ1) is 9.77. The molecule has 0 unspecified atom stereocenters. The normalized spacial score (nSPS) is 23.6. The van der Waals surface area contributed by atoms with Gasteiger partial charge in [0.1, 0.15) is 0 Å². The van der Waals surface area contributed by atoms with Crippen molar-refractivity contribution in [3.63, 3.8) is 0 Å². The summed E-state index contributed by atoms with van der Waals surface area (Å²) < 4.78 is 4.96. The Kier molecular flexibility index (Phi) is 2.91. The lowest BCUT2D eigenvalue weighted by atomic mass is 10.3. The van der Waals surface area contributed by atoms with Crippen LogP contribution in [-0.2, 0) is 4.74 Å². The Hall–Kier alpha value is -0.770. The van der Waals surface area contributed by atoms with Crippen LogP contribution in [0.25, 0.3) is 0 Å². The van der Waals surface area contributed by atoms with E-state index in [4.69, 9.17) is 4.74 Å². The summed E-state index contributed by atoms with van der Waals surface area (Å²) in [6.07, 6.45) is 2.54. The van der Waals surface area contributed by atoms with Crippen molar-refractivity contribution in [3.05, 3.63) is 0 Å². The molecule has 4 heteroatoms. The maximum atomic E-state index is 11.4. The lowest BCUT2D eigenvalue weighted by Gasteiger charge is -2.33. The fraction of sp³-hybridized carbons (Fsp3) is 0.900. The van der Waals surface area contributed by atoms with Crippen molar-refractivity contribution in [2.75, 3.05) is 32.8 Å². The van der Waals surface area contributed by atoms with Crippen molar-refractivity contribution in [1.82, 2.24) is 9.80 Å². The van der Waals surface area contributed by atoms with Crippen molar-refractivity contribution in [3.8, 4) is 0 Å². The maximum absolute atomic E-state index is 11.4. The summed E-state index contributed by atoms with van der Waals surface area (Å²) in [7, 11) is 0. The van der Waals surface area contributed by atoms with Crippen LogP contribution in [0.15, 0.2) is 0 Å². The molecule has 1 amide bonds. The second-order valence-electron chi connectivity index (χ2n) is 3.95. The van der Waals surface area contributed by atoms with Crippen molar-refractivity contribution in [1.29, 1.82) is 0 Å².